The Morgan fingerprint density at radius 2 is 1.38 bits per heavy atom. The maximum atomic E-state index is 12.9. The highest BCUT2D eigenvalue weighted by Crippen LogP contribution is 2.14. The molecule has 0 radical (unpaired) electrons. The van der Waals surface area contributed by atoms with Crippen molar-refractivity contribution in [3.63, 3.8) is 0 Å². The largest absolute Gasteiger partial charge is 0.348 e. The smallest absolute Gasteiger partial charge is 0.270 e. The van der Waals surface area contributed by atoms with Gasteiger partial charge in [0.15, 0.2) is 6.29 Å². The van der Waals surface area contributed by atoms with Gasteiger partial charge in [0.1, 0.15) is 5.69 Å². The van der Waals surface area contributed by atoms with E-state index in [1.165, 1.54) is 0 Å². The summed E-state index contributed by atoms with van der Waals surface area (Å²) in [5, 5.41) is 0. The van der Waals surface area contributed by atoms with Gasteiger partial charge in [0.2, 0.25) is 0 Å². The van der Waals surface area contributed by atoms with Crippen molar-refractivity contribution in [1.29, 1.82) is 0 Å². The van der Waals surface area contributed by atoms with Crippen molar-refractivity contribution in [2.45, 2.75) is 13.1 Å². The van der Waals surface area contributed by atoms with Crippen LogP contribution in [0.15, 0.2) is 72.8 Å². The highest BCUT2D eigenvalue weighted by molar-refractivity contribution is 5.93. The van der Waals surface area contributed by atoms with Gasteiger partial charge in [-0.25, -0.2) is 0 Å². The predicted molar refractivity (Wildman–Crippen MR) is 92.6 cm³/mol. The number of carbonyl (C=O) groups excluding carboxylic acids is 2. The standard InChI is InChI=1S/C20H18N2O2/c23-15-18-11-12-19(21-18)20(24)22(13-16-7-3-1-4-8-16)14-17-9-5-2-6-10-17/h1-12,15,21H,13-14H2. The Hall–Kier alpha value is -3.14. The first-order valence-corrected chi connectivity index (χ1v) is 7.77. The molecule has 4 heteroatoms. The first kappa shape index (κ1) is 15.7. The number of H-pyrrole nitrogens is 1. The summed E-state index contributed by atoms with van der Waals surface area (Å²) in [5.74, 6) is -0.129. The second kappa shape index (κ2) is 7.42. The van der Waals surface area contributed by atoms with Crippen molar-refractivity contribution >= 4 is 12.2 Å². The van der Waals surface area contributed by atoms with Crippen LogP contribution in [-0.2, 0) is 13.1 Å². The van der Waals surface area contributed by atoms with Crippen LogP contribution in [0.5, 0.6) is 0 Å². The number of hydrogen-bond donors (Lipinski definition) is 1. The molecule has 1 heterocycles. The van der Waals surface area contributed by atoms with E-state index in [-0.39, 0.29) is 5.91 Å². The Kier molecular flexibility index (Phi) is 4.87. The van der Waals surface area contributed by atoms with Crippen molar-refractivity contribution < 1.29 is 9.59 Å². The van der Waals surface area contributed by atoms with Gasteiger partial charge in [-0.3, -0.25) is 9.59 Å². The van der Waals surface area contributed by atoms with E-state index < -0.39 is 0 Å². The van der Waals surface area contributed by atoms with Crippen LogP contribution in [0.1, 0.15) is 32.1 Å². The van der Waals surface area contributed by atoms with Crippen molar-refractivity contribution in [3.8, 4) is 0 Å². The van der Waals surface area contributed by atoms with Crippen LogP contribution >= 0.6 is 0 Å². The Labute approximate surface area is 140 Å². The first-order chi connectivity index (χ1) is 11.8. The lowest BCUT2D eigenvalue weighted by atomic mass is 10.1. The molecule has 0 atom stereocenters. The molecule has 0 saturated heterocycles. The predicted octanol–water partition coefficient (Wildman–Crippen LogP) is 3.67. The number of carbonyl (C=O) groups is 2. The third-order valence-corrected chi connectivity index (χ3v) is 3.79. The summed E-state index contributed by atoms with van der Waals surface area (Å²) in [7, 11) is 0. The normalized spacial score (nSPS) is 10.3. The lowest BCUT2D eigenvalue weighted by molar-refractivity contribution is 0.0724. The molecule has 3 aromatic rings. The molecular formula is C20H18N2O2. The lowest BCUT2D eigenvalue weighted by Crippen LogP contribution is -2.30. The lowest BCUT2D eigenvalue weighted by Gasteiger charge is -2.22. The molecule has 0 aliphatic carbocycles. The van der Waals surface area contributed by atoms with Gasteiger partial charge in [-0.05, 0) is 23.3 Å². The van der Waals surface area contributed by atoms with Crippen molar-refractivity contribution in [2.24, 2.45) is 0 Å². The molecular weight excluding hydrogens is 300 g/mol. The number of aromatic amines is 1. The number of aromatic nitrogens is 1. The molecule has 1 aromatic heterocycles. The van der Waals surface area contributed by atoms with E-state index in [0.717, 1.165) is 11.1 Å². The van der Waals surface area contributed by atoms with Gasteiger partial charge in [0.05, 0.1) is 5.69 Å². The molecule has 0 saturated carbocycles. The molecule has 0 bridgehead atoms. The summed E-state index contributed by atoms with van der Waals surface area (Å²) < 4.78 is 0. The van der Waals surface area contributed by atoms with Gasteiger partial charge < -0.3 is 9.88 Å². The summed E-state index contributed by atoms with van der Waals surface area (Å²) in [6, 6.07) is 23.0. The fraction of sp³-hybridized carbons (Fsp3) is 0.100. The number of aldehydes is 1. The van der Waals surface area contributed by atoms with Crippen LogP contribution in [0, 0.1) is 0 Å². The quantitative estimate of drug-likeness (QED) is 0.705. The average Bonchev–Trinajstić information content (AvgIpc) is 3.11. The molecule has 3 rings (SSSR count). The van der Waals surface area contributed by atoms with Gasteiger partial charge in [0, 0.05) is 13.1 Å². The number of rotatable bonds is 6. The zero-order valence-corrected chi connectivity index (χ0v) is 13.2. The summed E-state index contributed by atoms with van der Waals surface area (Å²) in [6.07, 6.45) is 0.704. The van der Waals surface area contributed by atoms with E-state index in [1.807, 2.05) is 60.7 Å². The number of nitrogens with one attached hydrogen (secondary N) is 1. The van der Waals surface area contributed by atoms with Gasteiger partial charge in [0.25, 0.3) is 5.91 Å². The zero-order valence-electron chi connectivity index (χ0n) is 13.2. The van der Waals surface area contributed by atoms with E-state index in [1.54, 1.807) is 17.0 Å². The van der Waals surface area contributed by atoms with Crippen molar-refractivity contribution in [1.82, 2.24) is 9.88 Å². The van der Waals surface area contributed by atoms with E-state index in [2.05, 4.69) is 4.98 Å². The highest BCUT2D eigenvalue weighted by atomic mass is 16.2. The van der Waals surface area contributed by atoms with Gasteiger partial charge in [-0.2, -0.15) is 0 Å². The van der Waals surface area contributed by atoms with Crippen LogP contribution in [0.3, 0.4) is 0 Å². The molecule has 1 amide bonds. The third kappa shape index (κ3) is 3.79. The number of nitrogens with zero attached hydrogens (tertiary/aromatic N) is 1. The molecule has 0 unspecified atom stereocenters. The molecule has 2 aromatic carbocycles. The maximum absolute atomic E-state index is 12.9. The topological polar surface area (TPSA) is 53.2 Å². The minimum atomic E-state index is -0.129. The fourth-order valence-corrected chi connectivity index (χ4v) is 2.58. The van der Waals surface area contributed by atoms with Crippen LogP contribution in [-0.4, -0.2) is 22.1 Å². The van der Waals surface area contributed by atoms with Crippen LogP contribution < -0.4 is 0 Å². The molecule has 120 valence electrons. The summed E-state index contributed by atoms with van der Waals surface area (Å²) in [5.41, 5.74) is 2.94. The second-order valence-electron chi connectivity index (χ2n) is 5.58. The van der Waals surface area contributed by atoms with Gasteiger partial charge in [-0.15, -0.1) is 0 Å². The molecule has 0 aliphatic rings. The monoisotopic (exact) mass is 318 g/mol. The van der Waals surface area contributed by atoms with Gasteiger partial charge >= 0.3 is 0 Å². The highest BCUT2D eigenvalue weighted by Gasteiger charge is 2.18. The van der Waals surface area contributed by atoms with Gasteiger partial charge in [-0.1, -0.05) is 60.7 Å². The molecule has 0 fully saturated rings. The number of benzene rings is 2. The van der Waals surface area contributed by atoms with E-state index in [4.69, 9.17) is 0 Å². The number of hydrogen-bond acceptors (Lipinski definition) is 2. The van der Waals surface area contributed by atoms with Crippen LogP contribution in [0.25, 0.3) is 0 Å². The van der Waals surface area contributed by atoms with E-state index in [0.29, 0.717) is 30.8 Å². The first-order valence-electron chi connectivity index (χ1n) is 7.77. The zero-order chi connectivity index (χ0) is 16.8. The summed E-state index contributed by atoms with van der Waals surface area (Å²) >= 11 is 0. The molecule has 1 N–H and O–H groups in total. The van der Waals surface area contributed by atoms with E-state index in [9.17, 15) is 9.59 Å². The molecule has 0 spiro atoms. The van der Waals surface area contributed by atoms with E-state index >= 15 is 0 Å². The van der Waals surface area contributed by atoms with Crippen molar-refractivity contribution in [3.05, 3.63) is 95.3 Å². The Morgan fingerprint density at radius 3 is 1.83 bits per heavy atom. The molecule has 24 heavy (non-hydrogen) atoms. The second-order valence-corrected chi connectivity index (χ2v) is 5.58. The van der Waals surface area contributed by atoms with Crippen LogP contribution in [0.4, 0.5) is 0 Å². The fourth-order valence-electron chi connectivity index (χ4n) is 2.58. The minimum Gasteiger partial charge on any atom is -0.348 e. The summed E-state index contributed by atoms with van der Waals surface area (Å²) in [6.45, 7) is 1.01. The van der Waals surface area contributed by atoms with Crippen LogP contribution in [0.2, 0.25) is 0 Å². The van der Waals surface area contributed by atoms with Crippen molar-refractivity contribution in [2.75, 3.05) is 0 Å². The average molecular weight is 318 g/mol. The third-order valence-electron chi connectivity index (χ3n) is 3.79. The Bertz CT molecular complexity index is 768. The summed E-state index contributed by atoms with van der Waals surface area (Å²) in [4.78, 5) is 28.3. The minimum absolute atomic E-state index is 0.129. The SMILES string of the molecule is O=Cc1ccc(C(=O)N(Cc2ccccc2)Cc2ccccc2)[nH]1. The molecule has 0 aliphatic heterocycles. The Balaban J connectivity index is 1.85. The molecule has 4 nitrogen and oxygen atoms in total. The maximum Gasteiger partial charge on any atom is 0.270 e. The number of amides is 1. The Morgan fingerprint density at radius 1 is 0.833 bits per heavy atom.